The van der Waals surface area contributed by atoms with Gasteiger partial charge in [-0.1, -0.05) is 0 Å². The molecule has 0 aromatic heterocycles. The van der Waals surface area contributed by atoms with Crippen molar-refractivity contribution in [3.8, 4) is 17.2 Å². The molecular formula is C17H23NO5. The van der Waals surface area contributed by atoms with Crippen LogP contribution in [0, 0.1) is 5.92 Å². The Bertz CT molecular complexity index is 571. The molecule has 1 N–H and O–H groups in total. The number of benzene rings is 1. The first-order valence-electron chi connectivity index (χ1n) is 8.03. The lowest BCUT2D eigenvalue weighted by atomic mass is 9.90. The van der Waals surface area contributed by atoms with Gasteiger partial charge in [-0.05, 0) is 44.0 Å². The smallest absolute Gasteiger partial charge is 0.308 e. The molecule has 0 saturated carbocycles. The number of methoxy groups -OCH3 is 1. The van der Waals surface area contributed by atoms with E-state index in [1.807, 2.05) is 19.1 Å². The Morgan fingerprint density at radius 3 is 2.91 bits per heavy atom. The minimum Gasteiger partial charge on any atom is -0.493 e. The maximum atomic E-state index is 11.4. The van der Waals surface area contributed by atoms with Crippen molar-refractivity contribution in [1.29, 1.82) is 0 Å². The molecule has 0 amide bonds. The minimum atomic E-state index is -0.707. The monoisotopic (exact) mass is 321 g/mol. The standard InChI is InChI=1S/C17H23NO5/c1-11-13(17(19)20)4-3-5-18(11)10-12-8-14(21-2)16-15(9-12)22-6-7-23-16/h8-9,11,13H,3-7,10H2,1-2H3,(H,19,20)/t11-,13-/m0/s1. The van der Waals surface area contributed by atoms with Crippen molar-refractivity contribution in [2.75, 3.05) is 26.9 Å². The number of aliphatic carboxylic acids is 1. The Balaban J connectivity index is 1.81. The first-order chi connectivity index (χ1) is 11.1. The van der Waals surface area contributed by atoms with Crippen LogP contribution in [-0.2, 0) is 11.3 Å². The van der Waals surface area contributed by atoms with Crippen molar-refractivity contribution < 1.29 is 24.1 Å². The van der Waals surface area contributed by atoms with E-state index in [4.69, 9.17) is 14.2 Å². The fraction of sp³-hybridized carbons (Fsp3) is 0.588. The van der Waals surface area contributed by atoms with Crippen LogP contribution in [0.15, 0.2) is 12.1 Å². The lowest BCUT2D eigenvalue weighted by Crippen LogP contribution is -2.45. The van der Waals surface area contributed by atoms with Gasteiger partial charge in [-0.25, -0.2) is 0 Å². The highest BCUT2D eigenvalue weighted by atomic mass is 16.6. The predicted octanol–water partition coefficient (Wildman–Crippen LogP) is 2.15. The summed E-state index contributed by atoms with van der Waals surface area (Å²) in [4.78, 5) is 13.6. The van der Waals surface area contributed by atoms with Crippen molar-refractivity contribution >= 4 is 5.97 Å². The van der Waals surface area contributed by atoms with Gasteiger partial charge in [-0.2, -0.15) is 0 Å². The average Bonchev–Trinajstić information content (AvgIpc) is 2.55. The normalized spacial score (nSPS) is 24.3. The Kier molecular flexibility index (Phi) is 4.61. The van der Waals surface area contributed by atoms with Gasteiger partial charge in [-0.3, -0.25) is 9.69 Å². The summed E-state index contributed by atoms with van der Waals surface area (Å²) in [6.07, 6.45) is 1.65. The molecule has 1 fully saturated rings. The molecule has 6 heteroatoms. The number of carbonyl (C=O) groups is 1. The topological polar surface area (TPSA) is 68.2 Å². The SMILES string of the molecule is COc1cc(CN2CCC[C@H](C(=O)O)[C@@H]2C)cc2c1OCCO2. The van der Waals surface area contributed by atoms with E-state index in [1.165, 1.54) is 0 Å². The van der Waals surface area contributed by atoms with Crippen LogP contribution in [-0.4, -0.2) is 48.9 Å². The third-order valence-corrected chi connectivity index (χ3v) is 4.71. The van der Waals surface area contributed by atoms with E-state index in [0.717, 1.165) is 24.9 Å². The van der Waals surface area contributed by atoms with Crippen molar-refractivity contribution in [2.45, 2.75) is 32.4 Å². The Morgan fingerprint density at radius 2 is 2.17 bits per heavy atom. The number of nitrogens with zero attached hydrogens (tertiary/aromatic N) is 1. The van der Waals surface area contributed by atoms with Gasteiger partial charge < -0.3 is 19.3 Å². The summed E-state index contributed by atoms with van der Waals surface area (Å²) in [7, 11) is 1.61. The van der Waals surface area contributed by atoms with Crippen LogP contribution in [0.2, 0.25) is 0 Å². The second kappa shape index (κ2) is 6.66. The van der Waals surface area contributed by atoms with E-state index in [0.29, 0.717) is 37.0 Å². The summed E-state index contributed by atoms with van der Waals surface area (Å²) in [5.41, 5.74) is 1.05. The maximum Gasteiger partial charge on any atom is 0.308 e. The van der Waals surface area contributed by atoms with E-state index in [2.05, 4.69) is 4.90 Å². The molecule has 0 spiro atoms. The zero-order valence-corrected chi connectivity index (χ0v) is 13.6. The second-order valence-corrected chi connectivity index (χ2v) is 6.12. The van der Waals surface area contributed by atoms with Gasteiger partial charge >= 0.3 is 5.97 Å². The van der Waals surface area contributed by atoms with Crippen molar-refractivity contribution in [3.05, 3.63) is 17.7 Å². The molecule has 0 aliphatic carbocycles. The van der Waals surface area contributed by atoms with Crippen LogP contribution in [0.25, 0.3) is 0 Å². The number of hydrogen-bond donors (Lipinski definition) is 1. The molecule has 0 unspecified atom stereocenters. The zero-order valence-electron chi connectivity index (χ0n) is 13.6. The number of fused-ring (bicyclic) bond motifs is 1. The molecule has 23 heavy (non-hydrogen) atoms. The van der Waals surface area contributed by atoms with Crippen LogP contribution in [0.1, 0.15) is 25.3 Å². The van der Waals surface area contributed by atoms with Crippen LogP contribution < -0.4 is 14.2 Å². The lowest BCUT2D eigenvalue weighted by Gasteiger charge is -2.37. The van der Waals surface area contributed by atoms with Gasteiger partial charge in [0.25, 0.3) is 0 Å². The van der Waals surface area contributed by atoms with Gasteiger partial charge in [0.15, 0.2) is 11.5 Å². The molecule has 0 bridgehead atoms. The minimum absolute atomic E-state index is 0.0143. The number of piperidine rings is 1. The van der Waals surface area contributed by atoms with Crippen molar-refractivity contribution in [1.82, 2.24) is 4.90 Å². The van der Waals surface area contributed by atoms with E-state index in [-0.39, 0.29) is 12.0 Å². The molecule has 2 atom stereocenters. The van der Waals surface area contributed by atoms with Crippen LogP contribution in [0.3, 0.4) is 0 Å². The second-order valence-electron chi connectivity index (χ2n) is 6.12. The Labute approximate surface area is 135 Å². The van der Waals surface area contributed by atoms with E-state index in [1.54, 1.807) is 7.11 Å². The number of carboxylic acid groups (broad SMARTS) is 1. The summed E-state index contributed by atoms with van der Waals surface area (Å²) in [6, 6.07) is 3.93. The molecular weight excluding hydrogens is 298 g/mol. The molecule has 2 aliphatic rings. The van der Waals surface area contributed by atoms with Crippen LogP contribution in [0.5, 0.6) is 17.2 Å². The maximum absolute atomic E-state index is 11.4. The van der Waals surface area contributed by atoms with Crippen molar-refractivity contribution in [2.24, 2.45) is 5.92 Å². The lowest BCUT2D eigenvalue weighted by molar-refractivity contribution is -0.145. The summed E-state index contributed by atoms with van der Waals surface area (Å²) in [6.45, 7) is 4.62. The third-order valence-electron chi connectivity index (χ3n) is 4.71. The predicted molar refractivity (Wildman–Crippen MR) is 84.2 cm³/mol. The van der Waals surface area contributed by atoms with Gasteiger partial charge in [-0.15, -0.1) is 0 Å². The summed E-state index contributed by atoms with van der Waals surface area (Å²) in [5, 5.41) is 9.35. The van der Waals surface area contributed by atoms with E-state index >= 15 is 0 Å². The molecule has 1 saturated heterocycles. The molecule has 0 radical (unpaired) electrons. The Hall–Kier alpha value is -1.95. The Morgan fingerprint density at radius 1 is 1.39 bits per heavy atom. The quantitative estimate of drug-likeness (QED) is 0.916. The zero-order chi connectivity index (χ0) is 16.4. The molecule has 1 aromatic rings. The molecule has 6 nitrogen and oxygen atoms in total. The first kappa shape index (κ1) is 15.9. The van der Waals surface area contributed by atoms with E-state index < -0.39 is 5.97 Å². The third kappa shape index (κ3) is 3.22. The number of ether oxygens (including phenoxy) is 3. The molecule has 126 valence electrons. The largest absolute Gasteiger partial charge is 0.493 e. The summed E-state index contributed by atoms with van der Waals surface area (Å²) in [5.74, 6) is 1.00. The molecule has 2 heterocycles. The summed E-state index contributed by atoms with van der Waals surface area (Å²) < 4.78 is 16.7. The van der Waals surface area contributed by atoms with Gasteiger partial charge in [0.05, 0.1) is 13.0 Å². The van der Waals surface area contributed by atoms with Crippen LogP contribution >= 0.6 is 0 Å². The number of carboxylic acids is 1. The van der Waals surface area contributed by atoms with Gasteiger partial charge in [0.2, 0.25) is 5.75 Å². The van der Waals surface area contributed by atoms with E-state index in [9.17, 15) is 9.90 Å². The fourth-order valence-electron chi connectivity index (χ4n) is 3.42. The summed E-state index contributed by atoms with van der Waals surface area (Å²) >= 11 is 0. The molecule has 2 aliphatic heterocycles. The highest BCUT2D eigenvalue weighted by molar-refractivity contribution is 5.71. The van der Waals surface area contributed by atoms with Gasteiger partial charge in [0.1, 0.15) is 13.2 Å². The van der Waals surface area contributed by atoms with Crippen LogP contribution in [0.4, 0.5) is 0 Å². The number of hydrogen-bond acceptors (Lipinski definition) is 5. The molecule has 3 rings (SSSR count). The van der Waals surface area contributed by atoms with Gasteiger partial charge in [0, 0.05) is 12.6 Å². The average molecular weight is 321 g/mol. The highest BCUT2D eigenvalue weighted by Gasteiger charge is 2.33. The van der Waals surface area contributed by atoms with Crippen molar-refractivity contribution in [3.63, 3.8) is 0 Å². The fourth-order valence-corrected chi connectivity index (χ4v) is 3.42. The first-order valence-corrected chi connectivity index (χ1v) is 8.03. The highest BCUT2D eigenvalue weighted by Crippen LogP contribution is 2.41. The number of rotatable bonds is 4. The molecule has 1 aromatic carbocycles. The number of likely N-dealkylation sites (tertiary alicyclic amines) is 1.